The van der Waals surface area contributed by atoms with Crippen molar-refractivity contribution >= 4 is 23.5 Å². The second-order valence-corrected chi connectivity index (χ2v) is 3.94. The standard InChI is InChI=1S/C11H10FN3O6/c12-6-1-2-8(15(20)21)7(3-6)11(19)14(4-9(13)16)5-10(17)18/h1-3H,4-5H2,(H2,13,16)(H,17,18). The van der Waals surface area contributed by atoms with E-state index in [0.717, 1.165) is 12.1 Å². The Bertz CT molecular complexity index is 602. The average Bonchev–Trinajstić information content (AvgIpc) is 2.35. The molecule has 0 bridgehead atoms. The monoisotopic (exact) mass is 299 g/mol. The van der Waals surface area contributed by atoms with Crippen molar-refractivity contribution in [2.24, 2.45) is 5.73 Å². The third kappa shape index (κ3) is 4.23. The molecule has 1 aromatic carbocycles. The molecular weight excluding hydrogens is 289 g/mol. The summed E-state index contributed by atoms with van der Waals surface area (Å²) in [6.45, 7) is -1.67. The van der Waals surface area contributed by atoms with E-state index in [-0.39, 0.29) is 0 Å². The summed E-state index contributed by atoms with van der Waals surface area (Å²) in [5, 5.41) is 19.5. The van der Waals surface area contributed by atoms with Crippen LogP contribution in [0, 0.1) is 15.9 Å². The van der Waals surface area contributed by atoms with Crippen molar-refractivity contribution in [1.29, 1.82) is 0 Å². The molecule has 0 saturated heterocycles. The first-order valence-electron chi connectivity index (χ1n) is 5.45. The van der Waals surface area contributed by atoms with Crippen LogP contribution >= 0.6 is 0 Å². The molecule has 9 nitrogen and oxygen atoms in total. The number of nitrogens with two attached hydrogens (primary N) is 1. The van der Waals surface area contributed by atoms with E-state index >= 15 is 0 Å². The molecule has 0 radical (unpaired) electrons. The topological polar surface area (TPSA) is 144 Å². The summed E-state index contributed by atoms with van der Waals surface area (Å²) in [5.41, 5.74) is 3.51. The van der Waals surface area contributed by atoms with Gasteiger partial charge in [-0.15, -0.1) is 0 Å². The van der Waals surface area contributed by atoms with Crippen molar-refractivity contribution in [3.63, 3.8) is 0 Å². The number of hydrogen-bond donors (Lipinski definition) is 2. The van der Waals surface area contributed by atoms with E-state index < -0.39 is 52.9 Å². The first-order valence-corrected chi connectivity index (χ1v) is 5.45. The number of aliphatic carboxylic acids is 1. The van der Waals surface area contributed by atoms with Gasteiger partial charge >= 0.3 is 5.97 Å². The highest BCUT2D eigenvalue weighted by Crippen LogP contribution is 2.21. The maximum Gasteiger partial charge on any atom is 0.323 e. The number of carbonyl (C=O) groups is 3. The largest absolute Gasteiger partial charge is 0.480 e. The highest BCUT2D eigenvalue weighted by atomic mass is 19.1. The maximum absolute atomic E-state index is 13.2. The summed E-state index contributed by atoms with van der Waals surface area (Å²) in [4.78, 5) is 43.9. The average molecular weight is 299 g/mol. The van der Waals surface area contributed by atoms with Gasteiger partial charge in [-0.3, -0.25) is 24.5 Å². The summed E-state index contributed by atoms with van der Waals surface area (Å²) in [6, 6.07) is 2.15. The minimum atomic E-state index is -1.45. The quantitative estimate of drug-likeness (QED) is 0.547. The van der Waals surface area contributed by atoms with Crippen LogP contribution in [0.2, 0.25) is 0 Å². The molecule has 0 heterocycles. The lowest BCUT2D eigenvalue weighted by Gasteiger charge is -2.18. The predicted molar refractivity (Wildman–Crippen MR) is 65.8 cm³/mol. The van der Waals surface area contributed by atoms with Crippen LogP contribution in [0.25, 0.3) is 0 Å². The van der Waals surface area contributed by atoms with Crippen molar-refractivity contribution in [3.05, 3.63) is 39.7 Å². The lowest BCUT2D eigenvalue weighted by Crippen LogP contribution is -2.41. The number of amides is 2. The van der Waals surface area contributed by atoms with Gasteiger partial charge in [0.15, 0.2) is 0 Å². The van der Waals surface area contributed by atoms with Gasteiger partial charge in [-0.1, -0.05) is 0 Å². The van der Waals surface area contributed by atoms with Gasteiger partial charge in [0.1, 0.15) is 24.5 Å². The van der Waals surface area contributed by atoms with Crippen LogP contribution in [0.4, 0.5) is 10.1 Å². The molecule has 0 unspecified atom stereocenters. The van der Waals surface area contributed by atoms with Gasteiger partial charge in [-0.2, -0.15) is 0 Å². The molecule has 0 aliphatic carbocycles. The molecule has 112 valence electrons. The zero-order valence-electron chi connectivity index (χ0n) is 10.5. The Morgan fingerprint density at radius 3 is 2.43 bits per heavy atom. The Morgan fingerprint density at radius 2 is 1.95 bits per heavy atom. The van der Waals surface area contributed by atoms with Crippen molar-refractivity contribution in [3.8, 4) is 0 Å². The van der Waals surface area contributed by atoms with Gasteiger partial charge in [0.25, 0.3) is 11.6 Å². The van der Waals surface area contributed by atoms with Gasteiger partial charge in [0.2, 0.25) is 5.91 Å². The second kappa shape index (κ2) is 6.41. The Labute approximate surface area is 116 Å². The SMILES string of the molecule is NC(=O)CN(CC(=O)O)C(=O)c1cc(F)ccc1[N+](=O)[O-]. The Hall–Kier alpha value is -3.04. The predicted octanol–water partition coefficient (Wildman–Crippen LogP) is -0.254. The first-order chi connectivity index (χ1) is 9.72. The Balaban J connectivity index is 3.24. The molecular formula is C11H10FN3O6. The van der Waals surface area contributed by atoms with Gasteiger partial charge in [-0.25, -0.2) is 4.39 Å². The van der Waals surface area contributed by atoms with Crippen molar-refractivity contribution in [1.82, 2.24) is 4.90 Å². The number of carboxylic acid groups (broad SMARTS) is 1. The van der Waals surface area contributed by atoms with Crippen LogP contribution in [0.5, 0.6) is 0 Å². The summed E-state index contributed by atoms with van der Waals surface area (Å²) in [7, 11) is 0. The molecule has 3 N–H and O–H groups in total. The molecule has 0 aliphatic rings. The maximum atomic E-state index is 13.2. The zero-order chi connectivity index (χ0) is 16.2. The highest BCUT2D eigenvalue weighted by Gasteiger charge is 2.27. The first kappa shape index (κ1) is 16.0. The Morgan fingerprint density at radius 1 is 1.33 bits per heavy atom. The molecule has 0 fully saturated rings. The van der Waals surface area contributed by atoms with E-state index in [1.54, 1.807) is 0 Å². The van der Waals surface area contributed by atoms with E-state index in [0.29, 0.717) is 11.0 Å². The second-order valence-electron chi connectivity index (χ2n) is 3.94. The van der Waals surface area contributed by atoms with E-state index in [1.807, 2.05) is 0 Å². The van der Waals surface area contributed by atoms with Crippen LogP contribution in [0.3, 0.4) is 0 Å². The van der Waals surface area contributed by atoms with E-state index in [9.17, 15) is 28.9 Å². The van der Waals surface area contributed by atoms with Crippen LogP contribution in [0.15, 0.2) is 18.2 Å². The van der Waals surface area contributed by atoms with E-state index in [2.05, 4.69) is 0 Å². The molecule has 10 heteroatoms. The molecule has 0 saturated carbocycles. The number of nitrogens with zero attached hydrogens (tertiary/aromatic N) is 2. The number of carboxylic acids is 1. The Kier molecular flexibility index (Phi) is 4.89. The molecule has 2 amide bonds. The van der Waals surface area contributed by atoms with Crippen LogP contribution in [0.1, 0.15) is 10.4 Å². The fourth-order valence-electron chi connectivity index (χ4n) is 1.56. The van der Waals surface area contributed by atoms with Crippen LogP contribution < -0.4 is 5.73 Å². The smallest absolute Gasteiger partial charge is 0.323 e. The lowest BCUT2D eigenvalue weighted by atomic mass is 10.1. The van der Waals surface area contributed by atoms with Crippen molar-refractivity contribution in [2.75, 3.05) is 13.1 Å². The number of nitro benzene ring substituents is 1. The summed E-state index contributed by atoms with van der Waals surface area (Å²) < 4.78 is 13.2. The number of primary amides is 1. The van der Waals surface area contributed by atoms with Gasteiger partial charge in [-0.05, 0) is 12.1 Å². The molecule has 21 heavy (non-hydrogen) atoms. The van der Waals surface area contributed by atoms with Gasteiger partial charge < -0.3 is 15.7 Å². The molecule has 0 aliphatic heterocycles. The number of hydrogen-bond acceptors (Lipinski definition) is 5. The fraction of sp³-hybridized carbons (Fsp3) is 0.182. The highest BCUT2D eigenvalue weighted by molar-refractivity contribution is 6.01. The third-order valence-corrected chi connectivity index (χ3v) is 2.35. The van der Waals surface area contributed by atoms with E-state index in [1.165, 1.54) is 0 Å². The third-order valence-electron chi connectivity index (χ3n) is 2.35. The number of rotatable bonds is 6. The normalized spacial score (nSPS) is 9.95. The van der Waals surface area contributed by atoms with Gasteiger partial charge in [0.05, 0.1) is 4.92 Å². The number of benzene rings is 1. The number of nitro groups is 1. The van der Waals surface area contributed by atoms with Crippen molar-refractivity contribution in [2.45, 2.75) is 0 Å². The fourth-order valence-corrected chi connectivity index (χ4v) is 1.56. The lowest BCUT2D eigenvalue weighted by molar-refractivity contribution is -0.385. The summed E-state index contributed by atoms with van der Waals surface area (Å²) >= 11 is 0. The summed E-state index contributed by atoms with van der Waals surface area (Å²) in [5.74, 6) is -4.56. The number of halogens is 1. The van der Waals surface area contributed by atoms with Crippen LogP contribution in [-0.4, -0.2) is 45.8 Å². The molecule has 0 spiro atoms. The van der Waals surface area contributed by atoms with Gasteiger partial charge in [0, 0.05) is 6.07 Å². The summed E-state index contributed by atoms with van der Waals surface area (Å²) in [6.07, 6.45) is 0. The van der Waals surface area contributed by atoms with Crippen molar-refractivity contribution < 1.29 is 28.8 Å². The zero-order valence-corrected chi connectivity index (χ0v) is 10.5. The van der Waals surface area contributed by atoms with E-state index in [4.69, 9.17) is 10.8 Å². The number of carbonyl (C=O) groups excluding carboxylic acids is 2. The minimum absolute atomic E-state index is 0.479. The molecule has 1 aromatic rings. The minimum Gasteiger partial charge on any atom is -0.480 e. The molecule has 1 rings (SSSR count). The molecule has 0 atom stereocenters. The molecule has 0 aromatic heterocycles. The van der Waals surface area contributed by atoms with Crippen LogP contribution in [-0.2, 0) is 9.59 Å².